The van der Waals surface area contributed by atoms with E-state index in [1.165, 1.54) is 11.1 Å². The molecule has 1 aliphatic rings. The van der Waals surface area contributed by atoms with E-state index in [2.05, 4.69) is 21.2 Å². The average molecular weight is 242 g/mol. The van der Waals surface area contributed by atoms with Gasteiger partial charge in [0.2, 0.25) is 0 Å². The van der Waals surface area contributed by atoms with Crippen LogP contribution in [-0.4, -0.2) is 6.54 Å². The molecule has 1 aromatic carbocycles. The average Bonchev–Trinajstić information content (AvgIpc) is 2.15. The van der Waals surface area contributed by atoms with Crippen LogP contribution in [0.25, 0.3) is 0 Å². The molecular formula is C9H12BrN3. The normalized spacial score (nSPS) is 15.5. The van der Waals surface area contributed by atoms with Crippen LogP contribution in [0.3, 0.4) is 0 Å². The Morgan fingerprint density at radius 3 is 2.85 bits per heavy atom. The lowest BCUT2D eigenvalue weighted by atomic mass is 9.98. The zero-order valence-corrected chi connectivity index (χ0v) is 8.82. The van der Waals surface area contributed by atoms with Crippen LogP contribution in [0.2, 0.25) is 0 Å². The number of benzene rings is 1. The topological polar surface area (TPSA) is 64.1 Å². The molecule has 0 saturated carbocycles. The number of rotatable bonds is 0. The van der Waals surface area contributed by atoms with Crippen molar-refractivity contribution < 1.29 is 0 Å². The number of halogens is 1. The summed E-state index contributed by atoms with van der Waals surface area (Å²) >= 11 is 3.49. The van der Waals surface area contributed by atoms with Gasteiger partial charge in [0.15, 0.2) is 0 Å². The molecule has 0 amide bonds. The summed E-state index contributed by atoms with van der Waals surface area (Å²) in [5, 5.41) is 3.30. The van der Waals surface area contributed by atoms with Crippen LogP contribution >= 0.6 is 15.9 Å². The predicted octanol–water partition coefficient (Wildman–Crippen LogP) is 1.26. The maximum absolute atomic E-state index is 5.90. The summed E-state index contributed by atoms with van der Waals surface area (Å²) in [5.74, 6) is 0. The Morgan fingerprint density at radius 2 is 2.08 bits per heavy atom. The molecule has 0 saturated heterocycles. The monoisotopic (exact) mass is 241 g/mol. The molecule has 4 heteroatoms. The molecule has 0 unspecified atom stereocenters. The van der Waals surface area contributed by atoms with Crippen LogP contribution in [0.5, 0.6) is 0 Å². The van der Waals surface area contributed by atoms with Gasteiger partial charge >= 0.3 is 0 Å². The molecule has 0 radical (unpaired) electrons. The Bertz CT molecular complexity index is 349. The first-order valence-electron chi connectivity index (χ1n) is 4.26. The minimum absolute atomic E-state index is 0.674. The molecule has 3 nitrogen and oxygen atoms in total. The highest BCUT2D eigenvalue weighted by molar-refractivity contribution is 9.10. The van der Waals surface area contributed by atoms with Gasteiger partial charge in [-0.1, -0.05) is 15.9 Å². The van der Waals surface area contributed by atoms with Crippen molar-refractivity contribution >= 4 is 27.3 Å². The highest BCUT2D eigenvalue weighted by atomic mass is 79.9. The summed E-state index contributed by atoms with van der Waals surface area (Å²) < 4.78 is 1.06. The molecule has 70 valence electrons. The third-order valence-corrected chi connectivity index (χ3v) is 3.13. The van der Waals surface area contributed by atoms with E-state index < -0.39 is 0 Å². The summed E-state index contributed by atoms with van der Waals surface area (Å²) in [7, 11) is 0. The quantitative estimate of drug-likeness (QED) is 0.600. The van der Waals surface area contributed by atoms with Crippen LogP contribution in [0.4, 0.5) is 11.4 Å². The Hall–Kier alpha value is -0.740. The fourth-order valence-corrected chi connectivity index (χ4v) is 2.31. The zero-order chi connectivity index (χ0) is 9.42. The molecule has 1 heterocycles. The minimum atomic E-state index is 0.674. The van der Waals surface area contributed by atoms with E-state index in [9.17, 15) is 0 Å². The van der Waals surface area contributed by atoms with Gasteiger partial charge in [-0.25, -0.2) is 0 Å². The first-order chi connectivity index (χ1) is 6.20. The summed E-state index contributed by atoms with van der Waals surface area (Å²) in [5.41, 5.74) is 15.5. The molecule has 0 aromatic heterocycles. The molecule has 1 aromatic rings. The van der Waals surface area contributed by atoms with E-state index in [-0.39, 0.29) is 0 Å². The molecule has 1 aliphatic heterocycles. The number of nitrogens with one attached hydrogen (secondary N) is 1. The van der Waals surface area contributed by atoms with Crippen LogP contribution in [0.15, 0.2) is 10.5 Å². The summed E-state index contributed by atoms with van der Waals surface area (Å²) in [6, 6.07) is 1.88. The summed E-state index contributed by atoms with van der Waals surface area (Å²) in [6.07, 6.45) is 0.963. The van der Waals surface area contributed by atoms with E-state index in [4.69, 9.17) is 11.5 Å². The lowest BCUT2D eigenvalue weighted by Gasteiger charge is -2.21. The van der Waals surface area contributed by atoms with Crippen molar-refractivity contribution in [3.8, 4) is 0 Å². The van der Waals surface area contributed by atoms with Crippen molar-refractivity contribution in [3.05, 3.63) is 21.7 Å². The van der Waals surface area contributed by atoms with Gasteiger partial charge in [0.1, 0.15) is 0 Å². The Labute approximate surface area is 85.6 Å². The molecule has 0 aliphatic carbocycles. The van der Waals surface area contributed by atoms with Gasteiger partial charge < -0.3 is 16.8 Å². The second kappa shape index (κ2) is 3.20. The largest absolute Gasteiger partial charge is 0.397 e. The lowest BCUT2D eigenvalue weighted by Crippen LogP contribution is -2.25. The molecular weight excluding hydrogens is 230 g/mol. The van der Waals surface area contributed by atoms with Gasteiger partial charge in [0.25, 0.3) is 0 Å². The first-order valence-corrected chi connectivity index (χ1v) is 5.05. The number of nitrogens with two attached hydrogens (primary N) is 2. The highest BCUT2D eigenvalue weighted by Gasteiger charge is 2.16. The van der Waals surface area contributed by atoms with Gasteiger partial charge in [-0.05, 0) is 30.2 Å². The molecule has 0 bridgehead atoms. The van der Waals surface area contributed by atoms with E-state index in [1.54, 1.807) is 0 Å². The minimum Gasteiger partial charge on any atom is -0.397 e. The maximum Gasteiger partial charge on any atom is 0.0584 e. The number of hydrogen-bond acceptors (Lipinski definition) is 3. The van der Waals surface area contributed by atoms with Gasteiger partial charge in [-0.3, -0.25) is 0 Å². The van der Waals surface area contributed by atoms with Crippen LogP contribution < -0.4 is 16.8 Å². The van der Waals surface area contributed by atoms with Crippen molar-refractivity contribution in [2.75, 3.05) is 18.0 Å². The van der Waals surface area contributed by atoms with Gasteiger partial charge in [-0.2, -0.15) is 0 Å². The molecule has 13 heavy (non-hydrogen) atoms. The maximum atomic E-state index is 5.90. The second-order valence-electron chi connectivity index (χ2n) is 3.25. The fourth-order valence-electron chi connectivity index (χ4n) is 1.69. The highest BCUT2D eigenvalue weighted by Crippen LogP contribution is 2.32. The van der Waals surface area contributed by atoms with Crippen LogP contribution in [0, 0.1) is 0 Å². The third-order valence-electron chi connectivity index (χ3n) is 2.42. The molecule has 0 fully saturated rings. The second-order valence-corrected chi connectivity index (χ2v) is 4.10. The van der Waals surface area contributed by atoms with E-state index in [0.29, 0.717) is 5.69 Å². The molecule has 0 spiro atoms. The Morgan fingerprint density at radius 1 is 1.31 bits per heavy atom. The third kappa shape index (κ3) is 1.40. The number of nitrogen functional groups attached to an aromatic ring is 2. The van der Waals surface area contributed by atoms with E-state index >= 15 is 0 Å². The number of hydrogen-bond donors (Lipinski definition) is 3. The zero-order valence-electron chi connectivity index (χ0n) is 7.23. The molecule has 5 N–H and O–H groups in total. The Kier molecular flexibility index (Phi) is 2.17. The lowest BCUT2D eigenvalue weighted by molar-refractivity contribution is 0.643. The van der Waals surface area contributed by atoms with E-state index in [1.807, 2.05) is 6.07 Å². The SMILES string of the molecule is Nc1cc(Br)c2c(c1N)CCNC2. The number of anilines is 2. The fraction of sp³-hybridized carbons (Fsp3) is 0.333. The summed E-state index contributed by atoms with van der Waals surface area (Å²) in [4.78, 5) is 0. The van der Waals surface area contributed by atoms with Gasteiger partial charge in [-0.15, -0.1) is 0 Å². The predicted molar refractivity (Wildman–Crippen MR) is 58.4 cm³/mol. The molecule has 2 rings (SSSR count). The summed E-state index contributed by atoms with van der Waals surface area (Å²) in [6.45, 7) is 1.85. The number of fused-ring (bicyclic) bond motifs is 1. The van der Waals surface area contributed by atoms with Crippen LogP contribution in [0.1, 0.15) is 11.1 Å². The van der Waals surface area contributed by atoms with Gasteiger partial charge in [0, 0.05) is 11.0 Å². The van der Waals surface area contributed by atoms with Crippen molar-refractivity contribution in [2.24, 2.45) is 0 Å². The van der Waals surface area contributed by atoms with Crippen LogP contribution in [-0.2, 0) is 13.0 Å². The van der Waals surface area contributed by atoms with E-state index in [0.717, 1.165) is 29.7 Å². The molecule has 0 atom stereocenters. The Balaban J connectivity index is 2.63. The smallest absolute Gasteiger partial charge is 0.0584 e. The van der Waals surface area contributed by atoms with Gasteiger partial charge in [0.05, 0.1) is 11.4 Å². The van der Waals surface area contributed by atoms with Crippen molar-refractivity contribution in [1.29, 1.82) is 0 Å². The van der Waals surface area contributed by atoms with Crippen molar-refractivity contribution in [2.45, 2.75) is 13.0 Å². The standard InChI is InChI=1S/C9H12BrN3/c10-7-3-8(11)9(12)5-1-2-13-4-6(5)7/h3,13H,1-2,4,11-12H2. The van der Waals surface area contributed by atoms with Crippen molar-refractivity contribution in [1.82, 2.24) is 5.32 Å². The first kappa shape index (κ1) is 8.84. The van der Waals surface area contributed by atoms with Crippen molar-refractivity contribution in [3.63, 3.8) is 0 Å².